The van der Waals surface area contributed by atoms with Gasteiger partial charge in [-0.05, 0) is 49.2 Å². The van der Waals surface area contributed by atoms with Crippen LogP contribution in [0.15, 0.2) is 66.9 Å². The molecule has 1 fully saturated rings. The number of rotatable bonds is 4. The molecule has 0 spiro atoms. The second-order valence-corrected chi connectivity index (χ2v) is 6.98. The fraction of sp³-hybridized carbons (Fsp3) is 0.261. The molecule has 28 heavy (non-hydrogen) atoms. The molecule has 4 rings (SSSR count). The van der Waals surface area contributed by atoms with E-state index in [0.717, 1.165) is 42.1 Å². The van der Waals surface area contributed by atoms with Gasteiger partial charge < -0.3 is 9.64 Å². The predicted octanol–water partition coefficient (Wildman–Crippen LogP) is 4.17. The third-order valence-corrected chi connectivity index (χ3v) is 5.15. The second-order valence-electron chi connectivity index (χ2n) is 6.98. The van der Waals surface area contributed by atoms with Crippen molar-refractivity contribution >= 4 is 5.91 Å². The standard InChI is InChI=1S/C23H23N3O2/c1-28-19-9-4-7-17(15-19)20-11-5-12-21(25-20)18-8-6-14-26(16-18)23(27)22-10-2-3-13-24-22/h2-5,7,9-13,15,18H,6,8,14,16H2,1H3. The third kappa shape index (κ3) is 3.88. The van der Waals surface area contributed by atoms with E-state index < -0.39 is 0 Å². The van der Waals surface area contributed by atoms with Crippen LogP contribution in [0.25, 0.3) is 11.3 Å². The summed E-state index contributed by atoms with van der Waals surface area (Å²) in [6, 6.07) is 19.5. The van der Waals surface area contributed by atoms with Crippen LogP contribution in [0.4, 0.5) is 0 Å². The SMILES string of the molecule is COc1cccc(-c2cccc(C3CCCN(C(=O)c4ccccn4)C3)n2)c1. The quantitative estimate of drug-likeness (QED) is 0.689. The smallest absolute Gasteiger partial charge is 0.272 e. The van der Waals surface area contributed by atoms with Gasteiger partial charge in [0.15, 0.2) is 0 Å². The molecule has 1 unspecified atom stereocenters. The van der Waals surface area contributed by atoms with E-state index in [-0.39, 0.29) is 11.8 Å². The number of aromatic nitrogens is 2. The van der Waals surface area contributed by atoms with Crippen molar-refractivity contribution in [2.24, 2.45) is 0 Å². The lowest BCUT2D eigenvalue weighted by atomic mass is 9.93. The van der Waals surface area contributed by atoms with Crippen LogP contribution in [0.1, 0.15) is 34.9 Å². The Labute approximate surface area is 165 Å². The number of ether oxygens (including phenoxy) is 1. The molecule has 1 aliphatic rings. The number of carbonyl (C=O) groups excluding carboxylic acids is 1. The van der Waals surface area contributed by atoms with Crippen LogP contribution in [0, 0.1) is 0 Å². The van der Waals surface area contributed by atoms with E-state index in [2.05, 4.69) is 11.1 Å². The molecule has 0 bridgehead atoms. The van der Waals surface area contributed by atoms with Gasteiger partial charge >= 0.3 is 0 Å². The Kier molecular flexibility index (Phi) is 5.33. The lowest BCUT2D eigenvalue weighted by molar-refractivity contribution is 0.0700. The molecule has 1 atom stereocenters. The Hall–Kier alpha value is -3.21. The topological polar surface area (TPSA) is 55.3 Å². The minimum absolute atomic E-state index is 0.00532. The molecule has 1 amide bonds. The Morgan fingerprint density at radius 1 is 1.11 bits per heavy atom. The normalized spacial score (nSPS) is 16.6. The highest BCUT2D eigenvalue weighted by Crippen LogP contribution is 2.29. The van der Waals surface area contributed by atoms with Crippen molar-refractivity contribution in [3.8, 4) is 17.0 Å². The highest BCUT2D eigenvalue weighted by Gasteiger charge is 2.27. The molecule has 1 aliphatic heterocycles. The fourth-order valence-electron chi connectivity index (χ4n) is 3.68. The summed E-state index contributed by atoms with van der Waals surface area (Å²) in [4.78, 5) is 23.8. The maximum absolute atomic E-state index is 12.8. The largest absolute Gasteiger partial charge is 0.497 e. The number of methoxy groups -OCH3 is 1. The number of hydrogen-bond donors (Lipinski definition) is 0. The molecule has 5 nitrogen and oxygen atoms in total. The number of pyridine rings is 2. The highest BCUT2D eigenvalue weighted by atomic mass is 16.5. The van der Waals surface area contributed by atoms with E-state index >= 15 is 0 Å². The van der Waals surface area contributed by atoms with Crippen molar-refractivity contribution in [3.63, 3.8) is 0 Å². The minimum Gasteiger partial charge on any atom is -0.497 e. The van der Waals surface area contributed by atoms with Crippen LogP contribution in [0.2, 0.25) is 0 Å². The number of likely N-dealkylation sites (tertiary alicyclic amines) is 1. The van der Waals surface area contributed by atoms with Crippen molar-refractivity contribution in [2.45, 2.75) is 18.8 Å². The van der Waals surface area contributed by atoms with Gasteiger partial charge in [0.2, 0.25) is 0 Å². The molecule has 2 aromatic heterocycles. The zero-order valence-electron chi connectivity index (χ0n) is 15.9. The van der Waals surface area contributed by atoms with Crippen LogP contribution in [-0.2, 0) is 0 Å². The summed E-state index contributed by atoms with van der Waals surface area (Å²) in [5.74, 6) is 1.04. The Morgan fingerprint density at radius 3 is 2.82 bits per heavy atom. The first kappa shape index (κ1) is 18.2. The van der Waals surface area contributed by atoms with Gasteiger partial charge in [-0.25, -0.2) is 0 Å². The summed E-state index contributed by atoms with van der Waals surface area (Å²) < 4.78 is 5.33. The van der Waals surface area contributed by atoms with Crippen molar-refractivity contribution in [1.29, 1.82) is 0 Å². The number of piperidine rings is 1. The molecular weight excluding hydrogens is 350 g/mol. The maximum atomic E-state index is 12.8. The lowest BCUT2D eigenvalue weighted by Gasteiger charge is -2.32. The molecular formula is C23H23N3O2. The van der Waals surface area contributed by atoms with Gasteiger partial charge in [-0.15, -0.1) is 0 Å². The molecule has 5 heteroatoms. The number of carbonyl (C=O) groups is 1. The number of hydrogen-bond acceptors (Lipinski definition) is 4. The van der Waals surface area contributed by atoms with Gasteiger partial charge in [0.1, 0.15) is 11.4 Å². The van der Waals surface area contributed by atoms with E-state index in [1.807, 2.05) is 53.4 Å². The molecule has 3 heterocycles. The average Bonchev–Trinajstić information content (AvgIpc) is 2.79. The van der Waals surface area contributed by atoms with Gasteiger partial charge in [0, 0.05) is 36.5 Å². The summed E-state index contributed by atoms with van der Waals surface area (Å²) in [7, 11) is 1.66. The monoisotopic (exact) mass is 373 g/mol. The van der Waals surface area contributed by atoms with E-state index in [0.29, 0.717) is 12.2 Å². The highest BCUT2D eigenvalue weighted by molar-refractivity contribution is 5.92. The van der Waals surface area contributed by atoms with Crippen molar-refractivity contribution < 1.29 is 9.53 Å². The first-order valence-electron chi connectivity index (χ1n) is 9.56. The summed E-state index contributed by atoms with van der Waals surface area (Å²) in [5, 5.41) is 0. The molecule has 0 N–H and O–H groups in total. The Morgan fingerprint density at radius 2 is 2.00 bits per heavy atom. The molecule has 1 saturated heterocycles. The van der Waals surface area contributed by atoms with Crippen LogP contribution in [0.5, 0.6) is 5.75 Å². The van der Waals surface area contributed by atoms with Gasteiger partial charge in [-0.1, -0.05) is 24.3 Å². The molecule has 1 aromatic carbocycles. The second kappa shape index (κ2) is 8.21. The molecule has 3 aromatic rings. The molecule has 0 aliphatic carbocycles. The lowest BCUT2D eigenvalue weighted by Crippen LogP contribution is -2.39. The first-order valence-corrected chi connectivity index (χ1v) is 9.56. The van der Waals surface area contributed by atoms with Crippen molar-refractivity contribution in [3.05, 3.63) is 78.2 Å². The van der Waals surface area contributed by atoms with Gasteiger partial charge in [-0.2, -0.15) is 0 Å². The zero-order chi connectivity index (χ0) is 19.3. The van der Waals surface area contributed by atoms with Gasteiger partial charge in [-0.3, -0.25) is 14.8 Å². The van der Waals surface area contributed by atoms with Gasteiger partial charge in [0.25, 0.3) is 5.91 Å². The van der Waals surface area contributed by atoms with Crippen LogP contribution < -0.4 is 4.74 Å². The number of nitrogens with zero attached hydrogens (tertiary/aromatic N) is 3. The average molecular weight is 373 g/mol. The van der Waals surface area contributed by atoms with Crippen molar-refractivity contribution in [1.82, 2.24) is 14.9 Å². The summed E-state index contributed by atoms with van der Waals surface area (Å²) in [5.41, 5.74) is 3.48. The zero-order valence-corrected chi connectivity index (χ0v) is 15.9. The first-order chi connectivity index (χ1) is 13.7. The van der Waals surface area contributed by atoms with Crippen molar-refractivity contribution in [2.75, 3.05) is 20.2 Å². The minimum atomic E-state index is -0.00532. The van der Waals surface area contributed by atoms with Crippen LogP contribution in [0.3, 0.4) is 0 Å². The van der Waals surface area contributed by atoms with E-state index in [1.165, 1.54) is 0 Å². The van der Waals surface area contributed by atoms with E-state index in [9.17, 15) is 4.79 Å². The van der Waals surface area contributed by atoms with E-state index in [4.69, 9.17) is 9.72 Å². The molecule has 142 valence electrons. The Bertz CT molecular complexity index is 959. The number of benzene rings is 1. The Balaban J connectivity index is 1.55. The number of amides is 1. The third-order valence-electron chi connectivity index (χ3n) is 5.15. The summed E-state index contributed by atoms with van der Waals surface area (Å²) >= 11 is 0. The van der Waals surface area contributed by atoms with Crippen LogP contribution >= 0.6 is 0 Å². The molecule has 0 radical (unpaired) electrons. The molecule has 0 saturated carbocycles. The maximum Gasteiger partial charge on any atom is 0.272 e. The van der Waals surface area contributed by atoms with Crippen LogP contribution in [-0.4, -0.2) is 41.0 Å². The van der Waals surface area contributed by atoms with Gasteiger partial charge in [0.05, 0.1) is 12.8 Å². The fourth-order valence-corrected chi connectivity index (χ4v) is 3.68. The summed E-state index contributed by atoms with van der Waals surface area (Å²) in [6.45, 7) is 1.44. The summed E-state index contributed by atoms with van der Waals surface area (Å²) in [6.07, 6.45) is 3.66. The predicted molar refractivity (Wildman–Crippen MR) is 108 cm³/mol. The van der Waals surface area contributed by atoms with E-state index in [1.54, 1.807) is 19.4 Å².